The SMILES string of the molecule is C1COC1.O=C(O)COc1ccccc1C1=C2C=CC(=N2)C(Br)=C2C=CC(=N2)C(c2ccccc2OCC(=O)O)=C2C=CC(=N2)C(Br)=C2C=CC1=N2. The van der Waals surface area contributed by atoms with Crippen LogP contribution >= 0.6 is 31.9 Å². The van der Waals surface area contributed by atoms with E-state index in [1.807, 2.05) is 72.9 Å². The van der Waals surface area contributed by atoms with Gasteiger partial charge in [-0.15, -0.1) is 0 Å². The Morgan fingerprint density at radius 3 is 1.31 bits per heavy atom. The van der Waals surface area contributed by atoms with Gasteiger partial charge in [-0.3, -0.25) is 0 Å². The maximum atomic E-state index is 11.4. The Morgan fingerprint density at radius 1 is 0.577 bits per heavy atom. The predicted octanol–water partition coefficient (Wildman–Crippen LogP) is 7.41. The highest BCUT2D eigenvalue weighted by Crippen LogP contribution is 2.39. The number of rotatable bonds is 8. The lowest BCUT2D eigenvalue weighted by molar-refractivity contribution is -0.140. The first-order valence-electron chi connectivity index (χ1n) is 16.1. The molecule has 6 aliphatic heterocycles. The Balaban J connectivity index is 0.000000985. The number of benzene rings is 2. The number of aliphatic carboxylic acids is 2. The van der Waals surface area contributed by atoms with Gasteiger partial charge in [0, 0.05) is 35.5 Å². The third-order valence-electron chi connectivity index (χ3n) is 8.08. The van der Waals surface area contributed by atoms with Gasteiger partial charge in [-0.2, -0.15) is 0 Å². The molecule has 2 aromatic rings. The van der Waals surface area contributed by atoms with Gasteiger partial charge in [0.1, 0.15) is 11.5 Å². The van der Waals surface area contributed by atoms with Crippen LogP contribution in [0.25, 0.3) is 11.1 Å². The second-order valence-electron chi connectivity index (χ2n) is 11.6. The maximum Gasteiger partial charge on any atom is 0.341 e. The lowest BCUT2D eigenvalue weighted by Gasteiger charge is -2.14. The summed E-state index contributed by atoms with van der Waals surface area (Å²) in [6.45, 7) is 0.987. The summed E-state index contributed by atoms with van der Waals surface area (Å²) in [7, 11) is 0. The highest BCUT2D eigenvalue weighted by Gasteiger charge is 2.27. The van der Waals surface area contributed by atoms with Gasteiger partial charge >= 0.3 is 11.9 Å². The first-order chi connectivity index (χ1) is 25.3. The Hall–Kier alpha value is -5.50. The Kier molecular flexibility index (Phi) is 10.3. The fraction of sp³-hybridized carbons (Fsp3) is 0.128. The molecule has 6 heterocycles. The molecule has 260 valence electrons. The molecule has 0 spiro atoms. The second-order valence-corrected chi connectivity index (χ2v) is 13.1. The van der Waals surface area contributed by atoms with Crippen molar-refractivity contribution in [3.05, 3.63) is 140 Å². The molecule has 8 bridgehead atoms. The molecule has 0 aliphatic carbocycles. The van der Waals surface area contributed by atoms with E-state index < -0.39 is 25.2 Å². The summed E-state index contributed by atoms with van der Waals surface area (Å²) in [5.41, 5.74) is 7.41. The molecule has 8 rings (SSSR count). The third kappa shape index (κ3) is 7.42. The monoisotopic (exact) mass is 822 g/mol. The molecule has 0 radical (unpaired) electrons. The number of allylic oxidation sites excluding steroid dienone is 12. The number of ether oxygens (including phenoxy) is 3. The minimum atomic E-state index is -1.09. The summed E-state index contributed by atoms with van der Waals surface area (Å²) >= 11 is 7.44. The summed E-state index contributed by atoms with van der Waals surface area (Å²) in [6.07, 6.45) is 16.2. The first kappa shape index (κ1) is 34.9. The highest BCUT2D eigenvalue weighted by atomic mass is 79.9. The van der Waals surface area contributed by atoms with Crippen molar-refractivity contribution in [3.8, 4) is 11.5 Å². The first-order valence-corrected chi connectivity index (χ1v) is 17.7. The van der Waals surface area contributed by atoms with Crippen LogP contribution in [-0.2, 0) is 14.3 Å². The highest BCUT2D eigenvalue weighted by molar-refractivity contribution is 9.12. The fourth-order valence-electron chi connectivity index (χ4n) is 5.59. The van der Waals surface area contributed by atoms with E-state index in [1.165, 1.54) is 6.42 Å². The van der Waals surface area contributed by atoms with Crippen molar-refractivity contribution in [1.29, 1.82) is 0 Å². The van der Waals surface area contributed by atoms with Crippen molar-refractivity contribution in [3.63, 3.8) is 0 Å². The summed E-state index contributed by atoms with van der Waals surface area (Å²) in [4.78, 5) is 42.6. The Morgan fingerprint density at radius 2 is 0.923 bits per heavy atom. The lowest BCUT2D eigenvalue weighted by atomic mass is 9.98. The van der Waals surface area contributed by atoms with Gasteiger partial charge in [0.2, 0.25) is 0 Å². The van der Waals surface area contributed by atoms with E-state index in [2.05, 4.69) is 31.9 Å². The molecular formula is C39H28Br2N4O7. The van der Waals surface area contributed by atoms with E-state index in [-0.39, 0.29) is 0 Å². The molecule has 0 amide bonds. The standard InChI is InChI=1S/C36H22Br2N4O6.C3H6O/c37-35-25-13-9-21(39-25)33(19-5-1-3-7-29(19)47-17-31(43)44)22-10-14-26(40-22)36(38)28-16-12-24(42-28)34(23-11-15-27(35)41-23)20-6-2-4-8-30(20)48-18-32(45)46;1-2-4-3-1/h1-16H,17-18H2,(H,43,44)(H,45,46);1-3H2. The number of nitrogens with zero attached hydrogens (tertiary/aromatic N) is 4. The Labute approximate surface area is 314 Å². The molecule has 11 nitrogen and oxygen atoms in total. The van der Waals surface area contributed by atoms with Crippen molar-refractivity contribution in [1.82, 2.24) is 0 Å². The van der Waals surface area contributed by atoms with E-state index in [0.717, 1.165) is 13.2 Å². The molecule has 0 atom stereocenters. The number of aliphatic imine (C=N–C) groups is 4. The maximum absolute atomic E-state index is 11.4. The molecule has 2 N–H and O–H groups in total. The zero-order valence-corrected chi connectivity index (χ0v) is 30.4. The quantitative estimate of drug-likeness (QED) is 0.281. The van der Waals surface area contributed by atoms with Gasteiger partial charge in [0.15, 0.2) is 13.2 Å². The largest absolute Gasteiger partial charge is 0.481 e. The van der Waals surface area contributed by atoms with Crippen molar-refractivity contribution in [2.24, 2.45) is 20.0 Å². The van der Waals surface area contributed by atoms with Gasteiger partial charge in [0.25, 0.3) is 0 Å². The molecule has 1 saturated heterocycles. The normalized spacial score (nSPS) is 18.2. The molecule has 6 aliphatic rings. The van der Waals surface area contributed by atoms with Gasteiger partial charge in [-0.05, 0) is 99.0 Å². The molecule has 13 heteroatoms. The molecule has 2 aromatic carbocycles. The predicted molar refractivity (Wildman–Crippen MR) is 207 cm³/mol. The smallest absolute Gasteiger partial charge is 0.341 e. The summed E-state index contributed by atoms with van der Waals surface area (Å²) in [6, 6.07) is 14.4. The molecule has 52 heavy (non-hydrogen) atoms. The average Bonchev–Trinajstić information content (AvgIpc) is 3.94. The van der Waals surface area contributed by atoms with Gasteiger partial charge in [-0.1, -0.05) is 36.4 Å². The van der Waals surface area contributed by atoms with Crippen LogP contribution in [0, 0.1) is 0 Å². The minimum absolute atomic E-state index is 0.380. The Bertz CT molecular complexity index is 2120. The van der Waals surface area contributed by atoms with E-state index in [4.69, 9.17) is 34.2 Å². The number of carboxylic acids is 2. The van der Waals surface area contributed by atoms with Crippen molar-refractivity contribution >= 4 is 77.8 Å². The molecule has 0 unspecified atom stereocenters. The number of fused-ring (bicyclic) bond motifs is 4. The summed E-state index contributed by atoms with van der Waals surface area (Å²) in [5, 5.41) is 18.6. The van der Waals surface area contributed by atoms with Crippen LogP contribution < -0.4 is 9.47 Å². The van der Waals surface area contributed by atoms with Crippen molar-refractivity contribution < 1.29 is 34.0 Å². The number of para-hydroxylation sites is 2. The summed E-state index contributed by atoms with van der Waals surface area (Å²) in [5.74, 6) is -1.42. The van der Waals surface area contributed by atoms with Crippen LogP contribution in [0.3, 0.4) is 0 Å². The van der Waals surface area contributed by atoms with E-state index in [1.54, 1.807) is 24.3 Å². The second kappa shape index (κ2) is 15.4. The third-order valence-corrected chi connectivity index (χ3v) is 9.70. The van der Waals surface area contributed by atoms with Gasteiger partial charge in [0.05, 0.1) is 54.6 Å². The number of carbonyl (C=O) groups is 2. The van der Waals surface area contributed by atoms with Crippen LogP contribution in [0.4, 0.5) is 0 Å². The van der Waals surface area contributed by atoms with Crippen molar-refractivity contribution in [2.75, 3.05) is 26.4 Å². The lowest BCUT2D eigenvalue weighted by Crippen LogP contribution is -2.11. The molecule has 0 saturated carbocycles. The van der Waals surface area contributed by atoms with Crippen LogP contribution in [0.2, 0.25) is 0 Å². The molecule has 1 fully saturated rings. The van der Waals surface area contributed by atoms with Crippen LogP contribution in [0.1, 0.15) is 17.5 Å². The topological polar surface area (TPSA) is 152 Å². The molecular weight excluding hydrogens is 796 g/mol. The minimum Gasteiger partial charge on any atom is -0.481 e. The molecule has 0 aromatic heterocycles. The van der Waals surface area contributed by atoms with Crippen molar-refractivity contribution in [2.45, 2.75) is 6.42 Å². The van der Waals surface area contributed by atoms with Gasteiger partial charge in [-0.25, -0.2) is 29.6 Å². The van der Waals surface area contributed by atoms with Crippen LogP contribution in [-0.4, -0.2) is 71.4 Å². The van der Waals surface area contributed by atoms with E-state index >= 15 is 0 Å². The zero-order chi connectivity index (χ0) is 36.2. The number of halogens is 2. The fourth-order valence-corrected chi connectivity index (χ4v) is 6.48. The van der Waals surface area contributed by atoms with Gasteiger partial charge < -0.3 is 24.4 Å². The zero-order valence-electron chi connectivity index (χ0n) is 27.3. The van der Waals surface area contributed by atoms with E-state index in [0.29, 0.717) is 88.4 Å². The number of hydrogen-bond donors (Lipinski definition) is 2. The van der Waals surface area contributed by atoms with E-state index in [9.17, 15) is 19.8 Å². The van der Waals surface area contributed by atoms with Crippen LogP contribution in [0.15, 0.2) is 149 Å². The summed E-state index contributed by atoms with van der Waals surface area (Å²) < 4.78 is 17.4. The average molecular weight is 824 g/mol. The number of hydrogen-bond acceptors (Lipinski definition) is 9. The van der Waals surface area contributed by atoms with Crippen LogP contribution in [0.5, 0.6) is 11.5 Å². The number of carboxylic acid groups (broad SMARTS) is 2.